The predicted octanol–water partition coefficient (Wildman–Crippen LogP) is 2.01. The number of esters is 1. The Morgan fingerprint density at radius 3 is 2.76 bits per heavy atom. The number of carbonyl (C=O) groups is 1. The van der Waals surface area contributed by atoms with Crippen LogP contribution in [-0.2, 0) is 16.1 Å². The van der Waals surface area contributed by atoms with Crippen molar-refractivity contribution in [2.45, 2.75) is 19.9 Å². The molecule has 0 aliphatic heterocycles. The van der Waals surface area contributed by atoms with Crippen LogP contribution in [0.15, 0.2) is 18.2 Å². The van der Waals surface area contributed by atoms with Gasteiger partial charge in [0.25, 0.3) is 0 Å². The van der Waals surface area contributed by atoms with E-state index >= 15 is 0 Å². The molecule has 0 amide bonds. The van der Waals surface area contributed by atoms with Crippen LogP contribution < -0.4 is 5.32 Å². The number of rotatable bonds is 6. The molecule has 0 fully saturated rings. The molecule has 0 heterocycles. The lowest BCUT2D eigenvalue weighted by Crippen LogP contribution is -2.19. The maximum absolute atomic E-state index is 12.8. The standard InChI is InChI=1S/C12H15F2NO2/c1-2-17-12(16)5-6-15-8-9-3-4-10(13)11(14)7-9/h3-4,7,15H,2,5-6,8H2,1H3. The first kappa shape index (κ1) is 13.6. The van der Waals surface area contributed by atoms with Gasteiger partial charge in [-0.1, -0.05) is 6.07 Å². The van der Waals surface area contributed by atoms with Crippen molar-refractivity contribution in [2.75, 3.05) is 13.2 Å². The smallest absolute Gasteiger partial charge is 0.307 e. The Labute approximate surface area is 98.8 Å². The number of halogens is 2. The monoisotopic (exact) mass is 243 g/mol. The summed E-state index contributed by atoms with van der Waals surface area (Å²) in [4.78, 5) is 11.0. The van der Waals surface area contributed by atoms with E-state index in [1.807, 2.05) is 0 Å². The molecule has 0 spiro atoms. The molecule has 0 aromatic heterocycles. The van der Waals surface area contributed by atoms with Gasteiger partial charge in [0.05, 0.1) is 13.0 Å². The third kappa shape index (κ3) is 4.91. The van der Waals surface area contributed by atoms with E-state index in [4.69, 9.17) is 4.74 Å². The predicted molar refractivity (Wildman–Crippen MR) is 59.3 cm³/mol. The summed E-state index contributed by atoms with van der Waals surface area (Å²) in [5.74, 6) is -2.00. The summed E-state index contributed by atoms with van der Waals surface area (Å²) >= 11 is 0. The molecule has 0 saturated heterocycles. The van der Waals surface area contributed by atoms with Crippen molar-refractivity contribution in [3.05, 3.63) is 35.4 Å². The minimum Gasteiger partial charge on any atom is -0.466 e. The molecule has 17 heavy (non-hydrogen) atoms. The van der Waals surface area contributed by atoms with E-state index in [1.54, 1.807) is 6.92 Å². The van der Waals surface area contributed by atoms with Gasteiger partial charge in [-0.25, -0.2) is 8.78 Å². The Morgan fingerprint density at radius 1 is 1.35 bits per heavy atom. The SMILES string of the molecule is CCOC(=O)CCNCc1ccc(F)c(F)c1. The topological polar surface area (TPSA) is 38.3 Å². The minimum absolute atomic E-state index is 0.261. The first-order chi connectivity index (χ1) is 8.13. The molecular weight excluding hydrogens is 228 g/mol. The van der Waals surface area contributed by atoms with Crippen LogP contribution in [0.25, 0.3) is 0 Å². The van der Waals surface area contributed by atoms with E-state index in [9.17, 15) is 13.6 Å². The average molecular weight is 243 g/mol. The quantitative estimate of drug-likeness (QED) is 0.613. The van der Waals surface area contributed by atoms with Gasteiger partial charge in [-0.2, -0.15) is 0 Å². The first-order valence-corrected chi connectivity index (χ1v) is 5.43. The van der Waals surface area contributed by atoms with Gasteiger partial charge in [0.15, 0.2) is 11.6 Å². The second kappa shape index (κ2) is 6.96. The number of nitrogens with one attached hydrogen (secondary N) is 1. The molecule has 1 rings (SSSR count). The van der Waals surface area contributed by atoms with Gasteiger partial charge < -0.3 is 10.1 Å². The van der Waals surface area contributed by atoms with Crippen molar-refractivity contribution in [1.82, 2.24) is 5.32 Å². The molecule has 1 N–H and O–H groups in total. The number of benzene rings is 1. The normalized spacial score (nSPS) is 10.3. The van der Waals surface area contributed by atoms with Crippen molar-refractivity contribution in [3.8, 4) is 0 Å². The summed E-state index contributed by atoms with van der Waals surface area (Å²) in [5, 5.41) is 2.95. The highest BCUT2D eigenvalue weighted by Gasteiger charge is 2.03. The Hall–Kier alpha value is -1.49. The first-order valence-electron chi connectivity index (χ1n) is 5.43. The zero-order valence-electron chi connectivity index (χ0n) is 9.63. The third-order valence-electron chi connectivity index (χ3n) is 2.12. The van der Waals surface area contributed by atoms with Crippen LogP contribution >= 0.6 is 0 Å². The number of hydrogen-bond donors (Lipinski definition) is 1. The van der Waals surface area contributed by atoms with Crippen molar-refractivity contribution in [2.24, 2.45) is 0 Å². The zero-order valence-corrected chi connectivity index (χ0v) is 9.63. The second-order valence-corrected chi connectivity index (χ2v) is 3.48. The fourth-order valence-electron chi connectivity index (χ4n) is 1.31. The second-order valence-electron chi connectivity index (χ2n) is 3.48. The van der Waals surface area contributed by atoms with Gasteiger partial charge in [-0.15, -0.1) is 0 Å². The van der Waals surface area contributed by atoms with Crippen molar-refractivity contribution < 1.29 is 18.3 Å². The molecule has 0 radical (unpaired) electrons. The molecule has 0 aliphatic carbocycles. The highest BCUT2D eigenvalue weighted by molar-refractivity contribution is 5.69. The molecule has 1 aromatic rings. The molecule has 0 saturated carbocycles. The summed E-state index contributed by atoms with van der Waals surface area (Å²) < 4.78 is 30.2. The van der Waals surface area contributed by atoms with Gasteiger partial charge in [-0.3, -0.25) is 4.79 Å². The molecule has 0 atom stereocenters. The highest BCUT2D eigenvalue weighted by Crippen LogP contribution is 2.08. The van der Waals surface area contributed by atoms with Crippen LogP contribution in [0.2, 0.25) is 0 Å². The van der Waals surface area contributed by atoms with Crippen molar-refractivity contribution >= 4 is 5.97 Å². The molecule has 0 bridgehead atoms. The zero-order chi connectivity index (χ0) is 12.7. The van der Waals surface area contributed by atoms with E-state index in [0.29, 0.717) is 25.3 Å². The number of ether oxygens (including phenoxy) is 1. The van der Waals surface area contributed by atoms with Gasteiger partial charge in [0.1, 0.15) is 0 Å². The fraction of sp³-hybridized carbons (Fsp3) is 0.417. The van der Waals surface area contributed by atoms with Gasteiger partial charge >= 0.3 is 5.97 Å². The average Bonchev–Trinajstić information content (AvgIpc) is 2.29. The lowest BCUT2D eigenvalue weighted by Gasteiger charge is -2.05. The van der Waals surface area contributed by atoms with E-state index in [-0.39, 0.29) is 12.4 Å². The van der Waals surface area contributed by atoms with Gasteiger partial charge in [0.2, 0.25) is 0 Å². The van der Waals surface area contributed by atoms with Gasteiger partial charge in [-0.05, 0) is 24.6 Å². The van der Waals surface area contributed by atoms with Crippen LogP contribution in [0.4, 0.5) is 8.78 Å². The molecule has 94 valence electrons. The molecular formula is C12H15F2NO2. The number of carbonyl (C=O) groups excluding carboxylic acids is 1. The summed E-state index contributed by atoms with van der Waals surface area (Å²) in [7, 11) is 0. The van der Waals surface area contributed by atoms with Gasteiger partial charge in [0, 0.05) is 13.1 Å². The van der Waals surface area contributed by atoms with Crippen LogP contribution in [0.3, 0.4) is 0 Å². The van der Waals surface area contributed by atoms with E-state index in [0.717, 1.165) is 12.1 Å². The van der Waals surface area contributed by atoms with Crippen molar-refractivity contribution in [1.29, 1.82) is 0 Å². The van der Waals surface area contributed by atoms with E-state index in [1.165, 1.54) is 6.07 Å². The van der Waals surface area contributed by atoms with Crippen LogP contribution in [0.1, 0.15) is 18.9 Å². The maximum Gasteiger partial charge on any atom is 0.307 e. The summed E-state index contributed by atoms with van der Waals surface area (Å²) in [6.07, 6.45) is 0.261. The Morgan fingerprint density at radius 2 is 2.12 bits per heavy atom. The Bertz CT molecular complexity index is 383. The van der Waals surface area contributed by atoms with Crippen LogP contribution in [0, 0.1) is 11.6 Å². The lowest BCUT2D eigenvalue weighted by molar-refractivity contribution is -0.142. The summed E-state index contributed by atoms with van der Waals surface area (Å²) in [5.41, 5.74) is 0.632. The third-order valence-corrected chi connectivity index (χ3v) is 2.12. The van der Waals surface area contributed by atoms with Crippen molar-refractivity contribution in [3.63, 3.8) is 0 Å². The molecule has 1 aromatic carbocycles. The Kier molecular flexibility index (Phi) is 5.56. The molecule has 5 heteroatoms. The Balaban J connectivity index is 2.26. The highest BCUT2D eigenvalue weighted by atomic mass is 19.2. The molecule has 0 aliphatic rings. The minimum atomic E-state index is -0.866. The number of hydrogen-bond acceptors (Lipinski definition) is 3. The fourth-order valence-corrected chi connectivity index (χ4v) is 1.31. The summed E-state index contributed by atoms with van der Waals surface area (Å²) in [6, 6.07) is 3.71. The van der Waals surface area contributed by atoms with E-state index < -0.39 is 11.6 Å². The maximum atomic E-state index is 12.8. The largest absolute Gasteiger partial charge is 0.466 e. The molecule has 0 unspecified atom stereocenters. The van der Waals surface area contributed by atoms with E-state index in [2.05, 4.69) is 5.32 Å². The molecule has 3 nitrogen and oxygen atoms in total. The van der Waals surface area contributed by atoms with Crippen LogP contribution in [0.5, 0.6) is 0 Å². The van der Waals surface area contributed by atoms with Crippen LogP contribution in [-0.4, -0.2) is 19.1 Å². The summed E-state index contributed by atoms with van der Waals surface area (Å²) in [6.45, 7) is 2.93. The lowest BCUT2D eigenvalue weighted by atomic mass is 10.2.